The lowest BCUT2D eigenvalue weighted by Crippen LogP contribution is -2.09. The smallest absolute Gasteiger partial charge is 0.269 e. The molecule has 0 aliphatic heterocycles. The maximum Gasteiger partial charge on any atom is 0.269 e. The van der Waals surface area contributed by atoms with Gasteiger partial charge in [-0.1, -0.05) is 6.92 Å². The van der Waals surface area contributed by atoms with Gasteiger partial charge < -0.3 is 0 Å². The van der Waals surface area contributed by atoms with Gasteiger partial charge in [0.2, 0.25) is 0 Å². The number of alkyl halides is 3. The average molecular weight is 172 g/mol. The summed E-state index contributed by atoms with van der Waals surface area (Å²) in [7, 11) is 0. The van der Waals surface area contributed by atoms with Crippen molar-refractivity contribution in [1.82, 2.24) is 0 Å². The lowest BCUT2D eigenvalue weighted by atomic mass is 10.3. The van der Waals surface area contributed by atoms with E-state index in [9.17, 15) is 13.2 Å². The molecule has 0 amide bonds. The maximum absolute atomic E-state index is 11.5. The minimum atomic E-state index is -2.80. The van der Waals surface area contributed by atoms with Gasteiger partial charge in [0.05, 0.1) is 0 Å². The Morgan fingerprint density at radius 3 is 1.30 bits per heavy atom. The first-order chi connectivity index (χ1) is 3.18. The predicted octanol–water partition coefficient (Wildman–Crippen LogP) is 2.46. The molecule has 0 nitrogen and oxygen atoms in total. The van der Waals surface area contributed by atoms with Crippen LogP contribution in [-0.2, 0) is 0 Å². The molecular formula is C4H10F6. The Kier molecular flexibility index (Phi) is 25.8. The van der Waals surface area contributed by atoms with E-state index >= 15 is 0 Å². The SMILES string of the molecule is CCC(F)C(F)F.F.F.F. The van der Waals surface area contributed by atoms with Gasteiger partial charge in [0.15, 0.2) is 6.17 Å². The Morgan fingerprint density at radius 1 is 1.00 bits per heavy atom. The molecule has 0 saturated heterocycles. The van der Waals surface area contributed by atoms with Gasteiger partial charge in [-0.25, -0.2) is 13.2 Å². The van der Waals surface area contributed by atoms with E-state index in [0.717, 1.165) is 0 Å². The molecule has 68 valence electrons. The fourth-order valence-corrected chi connectivity index (χ4v) is 0.178. The number of hydrogen-bond donors (Lipinski definition) is 0. The fourth-order valence-electron chi connectivity index (χ4n) is 0.178. The second-order valence-electron chi connectivity index (χ2n) is 1.26. The van der Waals surface area contributed by atoms with Gasteiger partial charge in [-0.2, -0.15) is 0 Å². The fraction of sp³-hybridized carbons (Fsp3) is 1.00. The Balaban J connectivity index is -0.0000000600. The molecule has 0 aromatic carbocycles. The lowest BCUT2D eigenvalue weighted by molar-refractivity contribution is 0.0482. The van der Waals surface area contributed by atoms with Gasteiger partial charge in [-0.3, -0.25) is 14.1 Å². The van der Waals surface area contributed by atoms with Crippen molar-refractivity contribution in [2.24, 2.45) is 0 Å². The van der Waals surface area contributed by atoms with Crippen molar-refractivity contribution >= 4 is 0 Å². The highest BCUT2D eigenvalue weighted by molar-refractivity contribution is 4.52. The van der Waals surface area contributed by atoms with Crippen LogP contribution in [0.3, 0.4) is 0 Å². The van der Waals surface area contributed by atoms with E-state index in [1.54, 1.807) is 0 Å². The third-order valence-electron chi connectivity index (χ3n) is 0.663. The van der Waals surface area contributed by atoms with E-state index in [1.165, 1.54) is 6.92 Å². The Labute approximate surface area is 54.5 Å². The van der Waals surface area contributed by atoms with E-state index in [4.69, 9.17) is 0 Å². The van der Waals surface area contributed by atoms with Crippen LogP contribution in [0.2, 0.25) is 0 Å². The Morgan fingerprint density at radius 2 is 1.30 bits per heavy atom. The second kappa shape index (κ2) is 11.4. The normalized spacial score (nSPS) is 10.5. The van der Waals surface area contributed by atoms with Gasteiger partial charge >= 0.3 is 0 Å². The first-order valence-electron chi connectivity index (χ1n) is 2.10. The van der Waals surface area contributed by atoms with Gasteiger partial charge in [0, 0.05) is 0 Å². The third-order valence-corrected chi connectivity index (χ3v) is 0.663. The summed E-state index contributed by atoms with van der Waals surface area (Å²) in [6, 6.07) is 0. The van der Waals surface area contributed by atoms with Crippen molar-refractivity contribution in [1.29, 1.82) is 0 Å². The molecule has 0 radical (unpaired) electrons. The summed E-state index contributed by atoms with van der Waals surface area (Å²) in [6.45, 7) is 1.39. The second-order valence-corrected chi connectivity index (χ2v) is 1.26. The van der Waals surface area contributed by atoms with Crippen LogP contribution in [0, 0.1) is 0 Å². The largest absolute Gasteiger partial charge is 0.269 e. The predicted molar refractivity (Wildman–Crippen MR) is 28.7 cm³/mol. The van der Waals surface area contributed by atoms with Gasteiger partial charge in [-0.05, 0) is 6.42 Å². The van der Waals surface area contributed by atoms with Crippen molar-refractivity contribution in [3.05, 3.63) is 0 Å². The molecule has 0 heterocycles. The Bertz CT molecular complexity index is 47.0. The van der Waals surface area contributed by atoms with Crippen molar-refractivity contribution in [2.45, 2.75) is 25.9 Å². The first-order valence-corrected chi connectivity index (χ1v) is 2.10. The summed E-state index contributed by atoms with van der Waals surface area (Å²) in [4.78, 5) is 0. The summed E-state index contributed by atoms with van der Waals surface area (Å²) in [6.07, 6.45) is -4.83. The average Bonchev–Trinajstić information content (AvgIpc) is 1.65. The van der Waals surface area contributed by atoms with Crippen LogP contribution in [0.25, 0.3) is 0 Å². The molecule has 1 atom stereocenters. The number of rotatable bonds is 2. The van der Waals surface area contributed by atoms with Crippen molar-refractivity contribution in [2.75, 3.05) is 0 Å². The molecule has 0 spiro atoms. The third kappa shape index (κ3) is 10.5. The van der Waals surface area contributed by atoms with E-state index in [2.05, 4.69) is 0 Å². The van der Waals surface area contributed by atoms with Gasteiger partial charge in [0.1, 0.15) is 0 Å². The highest BCUT2D eigenvalue weighted by Gasteiger charge is 2.15. The molecule has 0 aliphatic carbocycles. The summed E-state index contributed by atoms with van der Waals surface area (Å²) in [5.74, 6) is 0. The van der Waals surface area contributed by atoms with Crippen molar-refractivity contribution in [3.8, 4) is 0 Å². The molecule has 0 N–H and O–H groups in total. The van der Waals surface area contributed by atoms with Crippen LogP contribution in [0.5, 0.6) is 0 Å². The van der Waals surface area contributed by atoms with Crippen LogP contribution in [0.4, 0.5) is 27.3 Å². The van der Waals surface area contributed by atoms with E-state index in [1.807, 2.05) is 0 Å². The van der Waals surface area contributed by atoms with Crippen LogP contribution in [0.15, 0.2) is 0 Å². The zero-order valence-electron chi connectivity index (χ0n) is 5.22. The quantitative estimate of drug-likeness (QED) is 0.561. The highest BCUT2D eigenvalue weighted by atomic mass is 19.3. The zero-order valence-corrected chi connectivity index (χ0v) is 5.22. The number of halogens is 6. The molecule has 0 aromatic rings. The maximum atomic E-state index is 11.5. The standard InChI is InChI=1S/C4H7F3.3FH/c1-2-3(5)4(6)7;;;/h3-4H,2H2,1H3;3*1H. The zero-order chi connectivity index (χ0) is 5.86. The van der Waals surface area contributed by atoms with E-state index in [0.29, 0.717) is 0 Å². The van der Waals surface area contributed by atoms with E-state index < -0.39 is 12.6 Å². The molecule has 0 aliphatic rings. The molecular weight excluding hydrogens is 162 g/mol. The summed E-state index contributed by atoms with van der Waals surface area (Å²) >= 11 is 0. The molecule has 0 saturated carbocycles. The summed E-state index contributed by atoms with van der Waals surface area (Å²) < 4.78 is 33.6. The monoisotopic (exact) mass is 172 g/mol. The summed E-state index contributed by atoms with van der Waals surface area (Å²) in [5, 5.41) is 0. The van der Waals surface area contributed by atoms with Crippen LogP contribution >= 0.6 is 0 Å². The molecule has 6 heteroatoms. The van der Waals surface area contributed by atoms with E-state index in [-0.39, 0.29) is 20.5 Å². The van der Waals surface area contributed by atoms with Gasteiger partial charge in [0.25, 0.3) is 6.43 Å². The molecule has 1 unspecified atom stereocenters. The molecule has 0 rings (SSSR count). The lowest BCUT2D eigenvalue weighted by Gasteiger charge is -1.99. The summed E-state index contributed by atoms with van der Waals surface area (Å²) in [5.41, 5.74) is 0. The molecule has 10 heavy (non-hydrogen) atoms. The molecule has 0 fully saturated rings. The highest BCUT2D eigenvalue weighted by Crippen LogP contribution is 2.07. The number of hydrogen-bond acceptors (Lipinski definition) is 0. The van der Waals surface area contributed by atoms with Crippen LogP contribution in [0.1, 0.15) is 13.3 Å². The first kappa shape index (κ1) is 22.7. The van der Waals surface area contributed by atoms with Crippen LogP contribution < -0.4 is 0 Å². The topological polar surface area (TPSA) is 0 Å². The minimum absolute atomic E-state index is 0. The van der Waals surface area contributed by atoms with Crippen molar-refractivity contribution < 1.29 is 27.3 Å². The Hall–Kier alpha value is -0.420. The van der Waals surface area contributed by atoms with Crippen molar-refractivity contribution in [3.63, 3.8) is 0 Å². The minimum Gasteiger partial charge on any atom is -0.269 e. The van der Waals surface area contributed by atoms with Crippen LogP contribution in [-0.4, -0.2) is 12.6 Å². The molecule has 0 aromatic heterocycles. The molecule has 0 bridgehead atoms. The van der Waals surface area contributed by atoms with Gasteiger partial charge in [-0.15, -0.1) is 0 Å².